The highest BCUT2D eigenvalue weighted by Gasteiger charge is 2.19. The molecule has 3 heterocycles. The molecule has 2 aliphatic heterocycles. The first-order valence-electron chi connectivity index (χ1n) is 6.59. The van der Waals surface area contributed by atoms with Gasteiger partial charge in [0.2, 0.25) is 0 Å². The molecule has 0 bridgehead atoms. The number of aromatic amines is 1. The third kappa shape index (κ3) is 1.79. The number of pyridine rings is 1. The molecule has 0 spiro atoms. The fraction of sp³-hybridized carbons (Fsp3) is 0. The first-order valence-corrected chi connectivity index (χ1v) is 6.59. The van der Waals surface area contributed by atoms with Crippen molar-refractivity contribution in [2.24, 2.45) is 0 Å². The van der Waals surface area contributed by atoms with Gasteiger partial charge in [-0.15, -0.1) is 0 Å². The van der Waals surface area contributed by atoms with Gasteiger partial charge < -0.3 is 5.21 Å². The average molecular weight is 276 g/mol. The van der Waals surface area contributed by atoms with Crippen LogP contribution in [-0.4, -0.2) is 25.1 Å². The SMILES string of the molecule is On1cccc2c(-c3[nH]ncc3-c3ccccc3)cnc1-2. The lowest BCUT2D eigenvalue weighted by Gasteiger charge is -2.06. The van der Waals surface area contributed by atoms with E-state index in [0.717, 1.165) is 32.7 Å². The molecular formula is C16H12N4O. The molecule has 0 unspecified atom stereocenters. The number of aromatic nitrogens is 4. The summed E-state index contributed by atoms with van der Waals surface area (Å²) in [5, 5.41) is 17.0. The maximum absolute atomic E-state index is 9.80. The van der Waals surface area contributed by atoms with Crippen LogP contribution in [0.1, 0.15) is 0 Å². The van der Waals surface area contributed by atoms with Crippen molar-refractivity contribution in [3.8, 4) is 33.8 Å². The van der Waals surface area contributed by atoms with Crippen LogP contribution in [0.15, 0.2) is 61.1 Å². The van der Waals surface area contributed by atoms with Crippen molar-refractivity contribution >= 4 is 0 Å². The maximum Gasteiger partial charge on any atom is 0.175 e. The van der Waals surface area contributed by atoms with Crippen molar-refractivity contribution in [1.29, 1.82) is 0 Å². The molecule has 0 amide bonds. The van der Waals surface area contributed by atoms with E-state index < -0.39 is 0 Å². The van der Waals surface area contributed by atoms with Crippen LogP contribution in [0.25, 0.3) is 33.8 Å². The Labute approximate surface area is 120 Å². The molecule has 2 N–H and O–H groups in total. The van der Waals surface area contributed by atoms with Gasteiger partial charge in [-0.1, -0.05) is 30.3 Å². The lowest BCUT2D eigenvalue weighted by Crippen LogP contribution is -1.97. The van der Waals surface area contributed by atoms with Crippen LogP contribution in [0.5, 0.6) is 0 Å². The number of benzene rings is 1. The Hall–Kier alpha value is -3.08. The summed E-state index contributed by atoms with van der Waals surface area (Å²) in [5.41, 5.74) is 4.79. The number of hydrogen-bond donors (Lipinski definition) is 2. The van der Waals surface area contributed by atoms with E-state index >= 15 is 0 Å². The van der Waals surface area contributed by atoms with Gasteiger partial charge >= 0.3 is 0 Å². The van der Waals surface area contributed by atoms with E-state index in [1.807, 2.05) is 36.4 Å². The zero-order valence-electron chi connectivity index (χ0n) is 11.1. The summed E-state index contributed by atoms with van der Waals surface area (Å²) in [6.45, 7) is 0. The van der Waals surface area contributed by atoms with Gasteiger partial charge in [-0.2, -0.15) is 9.83 Å². The third-order valence-electron chi connectivity index (χ3n) is 3.55. The van der Waals surface area contributed by atoms with Crippen LogP contribution in [-0.2, 0) is 0 Å². The summed E-state index contributed by atoms with van der Waals surface area (Å²) in [4.78, 5) is 4.27. The van der Waals surface area contributed by atoms with Crippen LogP contribution in [0.3, 0.4) is 0 Å². The fourth-order valence-electron chi connectivity index (χ4n) is 2.55. The summed E-state index contributed by atoms with van der Waals surface area (Å²) >= 11 is 0. The average Bonchev–Trinajstić information content (AvgIpc) is 3.15. The van der Waals surface area contributed by atoms with E-state index in [1.165, 1.54) is 0 Å². The van der Waals surface area contributed by atoms with Crippen LogP contribution in [0.2, 0.25) is 0 Å². The molecule has 0 fully saturated rings. The smallest absolute Gasteiger partial charge is 0.175 e. The molecule has 21 heavy (non-hydrogen) atoms. The minimum absolute atomic E-state index is 0.529. The number of nitrogens with one attached hydrogen (secondary N) is 1. The number of H-pyrrole nitrogens is 1. The second kappa shape index (κ2) is 4.49. The van der Waals surface area contributed by atoms with Gasteiger partial charge in [-0.3, -0.25) is 5.10 Å². The van der Waals surface area contributed by atoms with Crippen LogP contribution in [0, 0.1) is 0 Å². The van der Waals surface area contributed by atoms with E-state index in [1.54, 1.807) is 24.7 Å². The molecule has 0 atom stereocenters. The van der Waals surface area contributed by atoms with Crippen molar-refractivity contribution in [2.45, 2.75) is 0 Å². The van der Waals surface area contributed by atoms with Gasteiger partial charge in [-0.05, 0) is 17.7 Å². The summed E-state index contributed by atoms with van der Waals surface area (Å²) in [6, 6.07) is 13.8. The molecule has 2 aromatic rings. The highest BCUT2D eigenvalue weighted by Crippen LogP contribution is 2.36. The topological polar surface area (TPSA) is 66.7 Å². The molecule has 5 heteroatoms. The van der Waals surface area contributed by atoms with E-state index in [4.69, 9.17) is 0 Å². The molecule has 0 aliphatic carbocycles. The van der Waals surface area contributed by atoms with Gasteiger partial charge in [0, 0.05) is 29.1 Å². The Morgan fingerprint density at radius 2 is 1.76 bits per heavy atom. The molecule has 102 valence electrons. The molecule has 0 radical (unpaired) electrons. The second-order valence-corrected chi connectivity index (χ2v) is 4.79. The molecule has 4 rings (SSSR count). The molecule has 1 aromatic heterocycles. The summed E-state index contributed by atoms with van der Waals surface area (Å²) in [7, 11) is 0. The van der Waals surface area contributed by atoms with Crippen molar-refractivity contribution in [3.05, 3.63) is 61.1 Å². The maximum atomic E-state index is 9.80. The predicted octanol–water partition coefficient (Wildman–Crippen LogP) is 3.28. The Morgan fingerprint density at radius 3 is 2.62 bits per heavy atom. The Morgan fingerprint density at radius 1 is 0.905 bits per heavy atom. The lowest BCUT2D eigenvalue weighted by atomic mass is 10.0. The molecular weight excluding hydrogens is 264 g/mol. The highest BCUT2D eigenvalue weighted by atomic mass is 16.5. The molecule has 1 aromatic carbocycles. The van der Waals surface area contributed by atoms with Gasteiger partial charge in [0.15, 0.2) is 5.82 Å². The number of rotatable bonds is 2. The van der Waals surface area contributed by atoms with Gasteiger partial charge in [-0.25, -0.2) is 4.98 Å². The molecule has 5 nitrogen and oxygen atoms in total. The summed E-state index contributed by atoms with van der Waals surface area (Å²) in [5.74, 6) is 0.529. The quantitative estimate of drug-likeness (QED) is 0.552. The van der Waals surface area contributed by atoms with Crippen molar-refractivity contribution < 1.29 is 5.21 Å². The standard InChI is InChI=1S/C16H12N4O/c21-20-8-4-7-12-14(9-17-16(12)20)15-13(10-18-19-15)11-5-2-1-3-6-11/h1-10,21H,(H,18,19). The molecule has 0 saturated carbocycles. The van der Waals surface area contributed by atoms with Crippen LogP contribution in [0.4, 0.5) is 0 Å². The van der Waals surface area contributed by atoms with Crippen molar-refractivity contribution in [3.63, 3.8) is 0 Å². The Bertz CT molecular complexity index is 863. The van der Waals surface area contributed by atoms with Crippen LogP contribution >= 0.6 is 0 Å². The third-order valence-corrected chi connectivity index (χ3v) is 3.55. The van der Waals surface area contributed by atoms with E-state index in [-0.39, 0.29) is 0 Å². The molecule has 2 aliphatic rings. The number of hydrogen-bond acceptors (Lipinski definition) is 3. The van der Waals surface area contributed by atoms with E-state index in [2.05, 4.69) is 15.2 Å². The zero-order valence-corrected chi connectivity index (χ0v) is 11.1. The number of nitrogens with zero attached hydrogens (tertiary/aromatic N) is 3. The first-order chi connectivity index (χ1) is 10.3. The first kappa shape index (κ1) is 11.7. The highest BCUT2D eigenvalue weighted by molar-refractivity contribution is 5.88. The minimum atomic E-state index is 0.529. The largest absolute Gasteiger partial charge is 0.427 e. The van der Waals surface area contributed by atoms with Gasteiger partial charge in [0.1, 0.15) is 0 Å². The van der Waals surface area contributed by atoms with E-state index in [0.29, 0.717) is 5.82 Å². The Balaban J connectivity index is 1.91. The van der Waals surface area contributed by atoms with Crippen LogP contribution < -0.4 is 0 Å². The number of fused-ring (bicyclic) bond motifs is 1. The normalized spacial score (nSPS) is 11.0. The second-order valence-electron chi connectivity index (χ2n) is 4.79. The summed E-state index contributed by atoms with van der Waals surface area (Å²) in [6.07, 6.45) is 5.11. The fourth-order valence-corrected chi connectivity index (χ4v) is 2.55. The zero-order chi connectivity index (χ0) is 14.2. The van der Waals surface area contributed by atoms with Crippen molar-refractivity contribution in [1.82, 2.24) is 19.9 Å². The lowest BCUT2D eigenvalue weighted by molar-refractivity contribution is 0.187. The van der Waals surface area contributed by atoms with Crippen molar-refractivity contribution in [2.75, 3.05) is 0 Å². The predicted molar refractivity (Wildman–Crippen MR) is 79.1 cm³/mol. The van der Waals surface area contributed by atoms with Gasteiger partial charge in [0.25, 0.3) is 0 Å². The molecule has 0 saturated heterocycles. The monoisotopic (exact) mass is 276 g/mol. The minimum Gasteiger partial charge on any atom is -0.427 e. The van der Waals surface area contributed by atoms with Gasteiger partial charge in [0.05, 0.1) is 11.9 Å². The van der Waals surface area contributed by atoms with E-state index in [9.17, 15) is 5.21 Å². The summed E-state index contributed by atoms with van der Waals surface area (Å²) < 4.78 is 1.03. The Kier molecular flexibility index (Phi) is 2.50.